The van der Waals surface area contributed by atoms with Gasteiger partial charge in [0.2, 0.25) is 11.0 Å². The maximum absolute atomic E-state index is 11.1. The number of pyridine rings is 1. The monoisotopic (exact) mass is 150 g/mol. The molecule has 0 aromatic carbocycles. The van der Waals surface area contributed by atoms with Crippen molar-refractivity contribution in [2.45, 2.75) is 6.92 Å². The number of hydrogen-bond donors (Lipinski definition) is 1. The average molecular weight is 150 g/mol. The largest absolute Gasteiger partial charge is 0.438 e. The Kier molecular flexibility index (Phi) is 1.09. The fraction of sp³-hybridized carbons (Fsp3) is 0.143. The Balaban J connectivity index is 3.02. The van der Waals surface area contributed by atoms with Gasteiger partial charge in [0.05, 0.1) is 0 Å². The molecule has 2 heterocycles. The van der Waals surface area contributed by atoms with Crippen LogP contribution in [0.3, 0.4) is 0 Å². The van der Waals surface area contributed by atoms with Gasteiger partial charge in [0, 0.05) is 11.8 Å². The van der Waals surface area contributed by atoms with Gasteiger partial charge < -0.3 is 9.40 Å². The third-order valence-corrected chi connectivity index (χ3v) is 1.45. The number of aromatic amines is 1. The first-order valence-electron chi connectivity index (χ1n) is 3.20. The van der Waals surface area contributed by atoms with Gasteiger partial charge in [-0.3, -0.25) is 4.79 Å². The quantitative estimate of drug-likeness (QED) is 0.604. The van der Waals surface area contributed by atoms with Crippen LogP contribution in [0.25, 0.3) is 11.2 Å². The Morgan fingerprint density at radius 2 is 2.45 bits per heavy atom. The van der Waals surface area contributed by atoms with Crippen molar-refractivity contribution in [1.29, 1.82) is 0 Å². The minimum Gasteiger partial charge on any atom is -0.438 e. The molecule has 2 rings (SSSR count). The lowest BCUT2D eigenvalue weighted by molar-refractivity contribution is 0.599. The summed E-state index contributed by atoms with van der Waals surface area (Å²) in [4.78, 5) is 17.8. The van der Waals surface area contributed by atoms with Crippen molar-refractivity contribution in [2.75, 3.05) is 0 Å². The molecule has 0 saturated carbocycles. The van der Waals surface area contributed by atoms with Gasteiger partial charge in [-0.25, -0.2) is 0 Å². The second-order valence-electron chi connectivity index (χ2n) is 2.35. The molecular weight excluding hydrogens is 144 g/mol. The minimum atomic E-state index is -0.131. The highest BCUT2D eigenvalue weighted by Gasteiger charge is 2.02. The fourth-order valence-electron chi connectivity index (χ4n) is 0.995. The topological polar surface area (TPSA) is 58.9 Å². The molecule has 0 bridgehead atoms. The SMILES string of the molecule is Cc1cc(=O)c2ocnc2[nH]1. The summed E-state index contributed by atoms with van der Waals surface area (Å²) in [7, 11) is 0. The standard InChI is InChI=1S/C7H6N2O2/c1-4-2-5(10)6-7(9-4)8-3-11-6/h2-3H,1H3,(H,9,10). The van der Waals surface area contributed by atoms with E-state index in [1.54, 1.807) is 6.92 Å². The number of rotatable bonds is 0. The van der Waals surface area contributed by atoms with Gasteiger partial charge >= 0.3 is 0 Å². The van der Waals surface area contributed by atoms with Gasteiger partial charge in [0.15, 0.2) is 12.0 Å². The number of nitrogens with one attached hydrogen (secondary N) is 1. The maximum atomic E-state index is 11.1. The first kappa shape index (κ1) is 6.15. The second-order valence-corrected chi connectivity index (χ2v) is 2.35. The van der Waals surface area contributed by atoms with Crippen LogP contribution in [0, 0.1) is 6.92 Å². The van der Waals surface area contributed by atoms with Crippen LogP contribution in [-0.2, 0) is 0 Å². The molecule has 2 aromatic rings. The Labute approximate surface area is 61.9 Å². The average Bonchev–Trinajstić information content (AvgIpc) is 2.34. The van der Waals surface area contributed by atoms with Crippen LogP contribution in [0.15, 0.2) is 21.7 Å². The van der Waals surface area contributed by atoms with Gasteiger partial charge in [-0.15, -0.1) is 0 Å². The summed E-state index contributed by atoms with van der Waals surface area (Å²) in [6, 6.07) is 1.48. The molecule has 0 atom stereocenters. The molecule has 2 aromatic heterocycles. The lowest BCUT2D eigenvalue weighted by Crippen LogP contribution is -2.00. The molecule has 4 heteroatoms. The fourth-order valence-corrected chi connectivity index (χ4v) is 0.995. The molecule has 0 aliphatic rings. The van der Waals surface area contributed by atoms with E-state index >= 15 is 0 Å². The van der Waals surface area contributed by atoms with E-state index in [-0.39, 0.29) is 11.0 Å². The van der Waals surface area contributed by atoms with Crippen molar-refractivity contribution in [1.82, 2.24) is 9.97 Å². The van der Waals surface area contributed by atoms with Gasteiger partial charge in [-0.2, -0.15) is 4.98 Å². The third kappa shape index (κ3) is 0.832. The predicted molar refractivity (Wildman–Crippen MR) is 39.4 cm³/mol. The van der Waals surface area contributed by atoms with Gasteiger partial charge in [0.1, 0.15) is 0 Å². The molecular formula is C7H6N2O2. The second kappa shape index (κ2) is 1.95. The third-order valence-electron chi connectivity index (χ3n) is 1.45. The molecule has 0 unspecified atom stereocenters. The van der Waals surface area contributed by atoms with Crippen LogP contribution in [0.5, 0.6) is 0 Å². The smallest absolute Gasteiger partial charge is 0.226 e. The summed E-state index contributed by atoms with van der Waals surface area (Å²) in [6.45, 7) is 1.80. The highest BCUT2D eigenvalue weighted by Crippen LogP contribution is 2.03. The summed E-state index contributed by atoms with van der Waals surface area (Å²) in [5.74, 6) is 0. The molecule has 0 spiro atoms. The van der Waals surface area contributed by atoms with Crippen molar-refractivity contribution in [3.05, 3.63) is 28.4 Å². The number of aromatic nitrogens is 2. The summed E-state index contributed by atoms with van der Waals surface area (Å²) in [5, 5.41) is 0. The lowest BCUT2D eigenvalue weighted by atomic mass is 10.3. The molecule has 0 aliphatic carbocycles. The Morgan fingerprint density at radius 1 is 1.64 bits per heavy atom. The predicted octanol–water partition coefficient (Wildman–Crippen LogP) is 0.825. The molecule has 4 nitrogen and oxygen atoms in total. The zero-order chi connectivity index (χ0) is 7.84. The van der Waals surface area contributed by atoms with Crippen molar-refractivity contribution in [3.63, 3.8) is 0 Å². The Morgan fingerprint density at radius 3 is 3.27 bits per heavy atom. The lowest BCUT2D eigenvalue weighted by Gasteiger charge is -1.89. The van der Waals surface area contributed by atoms with Crippen molar-refractivity contribution >= 4 is 11.2 Å². The molecule has 0 radical (unpaired) electrons. The van der Waals surface area contributed by atoms with E-state index in [4.69, 9.17) is 4.42 Å². The molecule has 0 saturated heterocycles. The van der Waals surface area contributed by atoms with E-state index in [9.17, 15) is 4.79 Å². The van der Waals surface area contributed by atoms with E-state index in [0.717, 1.165) is 5.69 Å². The molecule has 11 heavy (non-hydrogen) atoms. The van der Waals surface area contributed by atoms with Crippen LogP contribution in [-0.4, -0.2) is 9.97 Å². The summed E-state index contributed by atoms with van der Waals surface area (Å²) >= 11 is 0. The van der Waals surface area contributed by atoms with Crippen LogP contribution in [0.1, 0.15) is 5.69 Å². The summed E-state index contributed by atoms with van der Waals surface area (Å²) < 4.78 is 4.85. The van der Waals surface area contributed by atoms with Crippen molar-refractivity contribution in [3.8, 4) is 0 Å². The maximum Gasteiger partial charge on any atom is 0.226 e. The zero-order valence-corrected chi connectivity index (χ0v) is 5.92. The molecule has 0 fully saturated rings. The summed E-state index contributed by atoms with van der Waals surface area (Å²) in [6.07, 6.45) is 1.25. The van der Waals surface area contributed by atoms with E-state index in [1.165, 1.54) is 12.5 Å². The van der Waals surface area contributed by atoms with Gasteiger partial charge in [-0.05, 0) is 6.92 Å². The van der Waals surface area contributed by atoms with Crippen molar-refractivity contribution in [2.24, 2.45) is 0 Å². The highest BCUT2D eigenvalue weighted by molar-refractivity contribution is 5.66. The molecule has 56 valence electrons. The highest BCUT2D eigenvalue weighted by atomic mass is 16.3. The van der Waals surface area contributed by atoms with E-state index in [2.05, 4.69) is 9.97 Å². The van der Waals surface area contributed by atoms with Crippen LogP contribution in [0.4, 0.5) is 0 Å². The number of aryl methyl sites for hydroxylation is 1. The van der Waals surface area contributed by atoms with Gasteiger partial charge in [0.25, 0.3) is 0 Å². The first-order chi connectivity index (χ1) is 5.27. The Hall–Kier alpha value is -1.58. The minimum absolute atomic E-state index is 0.131. The number of oxazole rings is 1. The van der Waals surface area contributed by atoms with Crippen LogP contribution < -0.4 is 5.43 Å². The normalized spacial score (nSPS) is 10.6. The van der Waals surface area contributed by atoms with Crippen LogP contribution in [0.2, 0.25) is 0 Å². The number of fused-ring (bicyclic) bond motifs is 1. The number of hydrogen-bond acceptors (Lipinski definition) is 3. The molecule has 0 amide bonds. The number of nitrogens with zero attached hydrogens (tertiary/aromatic N) is 1. The Bertz CT molecular complexity index is 441. The first-order valence-corrected chi connectivity index (χ1v) is 3.20. The summed E-state index contributed by atoms with van der Waals surface area (Å²) in [5.41, 5.74) is 1.45. The molecule has 1 N–H and O–H groups in total. The molecule has 0 aliphatic heterocycles. The van der Waals surface area contributed by atoms with Crippen molar-refractivity contribution < 1.29 is 4.42 Å². The van der Waals surface area contributed by atoms with Gasteiger partial charge in [-0.1, -0.05) is 0 Å². The van der Waals surface area contributed by atoms with E-state index < -0.39 is 0 Å². The van der Waals surface area contributed by atoms with E-state index in [0.29, 0.717) is 5.65 Å². The zero-order valence-electron chi connectivity index (χ0n) is 5.92. The van der Waals surface area contributed by atoms with E-state index in [1.807, 2.05) is 0 Å². The number of H-pyrrole nitrogens is 1. The van der Waals surface area contributed by atoms with Crippen LogP contribution >= 0.6 is 0 Å².